The number of hydrazine groups is 1. The van der Waals surface area contributed by atoms with Crippen LogP contribution in [0, 0.1) is 0 Å². The molecule has 1 aliphatic rings. The largest absolute Gasteiger partial charge is 0.448 e. The van der Waals surface area contributed by atoms with E-state index in [1.807, 2.05) is 6.92 Å². The monoisotopic (exact) mass is 365 g/mol. The number of aliphatic imine (C=N–C) groups is 1. The van der Waals surface area contributed by atoms with Crippen LogP contribution in [0.3, 0.4) is 0 Å². The average molecular weight is 365 g/mol. The summed E-state index contributed by atoms with van der Waals surface area (Å²) in [6.45, 7) is 3.75. The van der Waals surface area contributed by atoms with Crippen molar-refractivity contribution in [3.05, 3.63) is 0 Å². The summed E-state index contributed by atoms with van der Waals surface area (Å²) in [5.41, 5.74) is 2.61. The highest BCUT2D eigenvalue weighted by atomic mass is 32.8. The normalized spacial score (nSPS) is 16.8. The zero-order valence-electron chi connectivity index (χ0n) is 13.5. The van der Waals surface area contributed by atoms with Crippen molar-refractivity contribution in [3.63, 3.8) is 0 Å². The number of unbranched alkanes of at least 4 members (excludes halogenated alkanes) is 2. The molecule has 0 fully saturated rings. The van der Waals surface area contributed by atoms with Crippen molar-refractivity contribution in [1.82, 2.24) is 15.3 Å². The molecular formula is C12H21N4O5S2-. The number of rotatable bonds is 4. The van der Waals surface area contributed by atoms with Gasteiger partial charge in [-0.05, 0) is 6.42 Å². The maximum absolute atomic E-state index is 12.1. The molecule has 132 valence electrons. The Morgan fingerprint density at radius 2 is 2.00 bits per heavy atom. The van der Waals surface area contributed by atoms with Crippen molar-refractivity contribution in [2.24, 2.45) is 4.99 Å². The molecule has 0 bridgehead atoms. The van der Waals surface area contributed by atoms with Crippen molar-refractivity contribution < 1.29 is 22.7 Å². The van der Waals surface area contributed by atoms with E-state index >= 15 is 0 Å². The van der Waals surface area contributed by atoms with Gasteiger partial charge in [0.2, 0.25) is 0 Å². The number of hydrogen-bond acceptors (Lipinski definition) is 7. The van der Waals surface area contributed by atoms with E-state index in [1.165, 1.54) is 25.9 Å². The molecular weight excluding hydrogens is 344 g/mol. The Labute approximate surface area is 138 Å². The van der Waals surface area contributed by atoms with Crippen LogP contribution in [0.2, 0.25) is 0 Å². The lowest BCUT2D eigenvalue weighted by molar-refractivity contribution is 0.116. The highest BCUT2D eigenvalue weighted by Crippen LogP contribution is 2.06. The van der Waals surface area contributed by atoms with Crippen molar-refractivity contribution in [3.8, 4) is 0 Å². The fourth-order valence-corrected chi connectivity index (χ4v) is 4.25. The molecule has 23 heavy (non-hydrogen) atoms. The molecule has 0 spiro atoms. The molecule has 0 unspecified atom stereocenters. The van der Waals surface area contributed by atoms with Crippen LogP contribution in [-0.4, -0.2) is 61.3 Å². The minimum Gasteiger partial charge on any atom is -0.448 e. The maximum atomic E-state index is 12.1. The Balaban J connectivity index is 3.07. The summed E-state index contributed by atoms with van der Waals surface area (Å²) in [5, 5.41) is 0.691. The van der Waals surface area contributed by atoms with Crippen LogP contribution >= 0.6 is 0 Å². The Kier molecular flexibility index (Phi) is 7.52. The summed E-state index contributed by atoms with van der Waals surface area (Å²) in [6.07, 6.45) is 1.82. The highest BCUT2D eigenvalue weighted by Gasteiger charge is 2.23. The van der Waals surface area contributed by atoms with E-state index in [2.05, 4.69) is 10.4 Å². The number of amides is 3. The van der Waals surface area contributed by atoms with Crippen LogP contribution in [0.1, 0.15) is 33.1 Å². The van der Waals surface area contributed by atoms with Crippen LogP contribution in [0.15, 0.2) is 4.99 Å². The van der Waals surface area contributed by atoms with Gasteiger partial charge in [0, 0.05) is 14.1 Å². The number of nitrogens with zero attached hydrogens (tertiary/aromatic N) is 3. The fraction of sp³-hybridized carbons (Fsp3) is 0.667. The van der Waals surface area contributed by atoms with Crippen LogP contribution in [-0.2, 0) is 23.0 Å². The van der Waals surface area contributed by atoms with Crippen molar-refractivity contribution >= 4 is 40.6 Å². The smallest absolute Gasteiger partial charge is 0.428 e. The topological polar surface area (TPSA) is 108 Å². The van der Waals surface area contributed by atoms with Crippen LogP contribution in [0.25, 0.3) is 0 Å². The number of carbonyl (C=O) groups excluding carboxylic acids is 2. The summed E-state index contributed by atoms with van der Waals surface area (Å²) in [7, 11) is -1.10. The lowest BCUT2D eigenvalue weighted by Gasteiger charge is -2.21. The van der Waals surface area contributed by atoms with Crippen LogP contribution in [0.5, 0.6) is 0 Å². The molecule has 9 nitrogen and oxygen atoms in total. The van der Waals surface area contributed by atoms with Gasteiger partial charge in [0.25, 0.3) is 0 Å². The van der Waals surface area contributed by atoms with E-state index in [0.717, 1.165) is 17.9 Å². The Bertz CT molecular complexity index is 697. The number of hydrogen-bond donors (Lipinski definition) is 1. The third kappa shape index (κ3) is 5.22. The summed E-state index contributed by atoms with van der Waals surface area (Å²) in [4.78, 5) is 29.1. The molecule has 1 heterocycles. The van der Waals surface area contributed by atoms with Gasteiger partial charge in [-0.1, -0.05) is 31.7 Å². The van der Waals surface area contributed by atoms with Gasteiger partial charge in [0.05, 0.1) is 21.0 Å². The first-order valence-corrected chi connectivity index (χ1v) is 9.82. The van der Waals surface area contributed by atoms with Crippen molar-refractivity contribution in [2.75, 3.05) is 20.7 Å². The van der Waals surface area contributed by atoms with Gasteiger partial charge in [-0.15, -0.1) is 0 Å². The lowest BCUT2D eigenvalue weighted by Crippen LogP contribution is -2.44. The molecule has 1 rings (SSSR count). The van der Waals surface area contributed by atoms with Crippen molar-refractivity contribution in [1.29, 1.82) is 0 Å². The van der Waals surface area contributed by atoms with Gasteiger partial charge in [-0.3, -0.25) is 9.04 Å². The quantitative estimate of drug-likeness (QED) is 0.447. The third-order valence-electron chi connectivity index (χ3n) is 2.77. The summed E-state index contributed by atoms with van der Waals surface area (Å²) in [5.74, 6) is 0. The van der Waals surface area contributed by atoms with E-state index in [4.69, 9.17) is 4.74 Å². The van der Waals surface area contributed by atoms with E-state index < -0.39 is 30.4 Å². The number of carbonyl (C=O) groups is 2. The van der Waals surface area contributed by atoms with Gasteiger partial charge in [-0.25, -0.2) is 33.4 Å². The predicted molar refractivity (Wildman–Crippen MR) is 89.3 cm³/mol. The second-order valence-corrected chi connectivity index (χ2v) is 8.61. The van der Waals surface area contributed by atoms with Crippen LogP contribution < -0.4 is 5.43 Å². The third-order valence-corrected chi connectivity index (χ3v) is 6.31. The van der Waals surface area contributed by atoms with Crippen LogP contribution in [0.4, 0.5) is 9.59 Å². The number of amidine groups is 1. The summed E-state index contributed by atoms with van der Waals surface area (Å²) in [6, 6.07) is -0.664. The maximum Gasteiger partial charge on any atom is 0.428 e. The van der Waals surface area contributed by atoms with Gasteiger partial charge in [0.1, 0.15) is 0 Å². The first-order chi connectivity index (χ1) is 10.8. The average Bonchev–Trinajstić information content (AvgIpc) is 2.79. The molecule has 3 amide bonds. The zero-order valence-corrected chi connectivity index (χ0v) is 15.2. The zero-order chi connectivity index (χ0) is 17.6. The summed E-state index contributed by atoms with van der Waals surface area (Å²) >= 11 is 0. The lowest BCUT2D eigenvalue weighted by atomic mass is 10.3. The second-order valence-electron chi connectivity index (χ2n) is 4.87. The van der Waals surface area contributed by atoms with Gasteiger partial charge in [0.15, 0.2) is 0 Å². The molecule has 0 aliphatic carbocycles. The SMILES string of the molecule is CCCCCOC(=O)N1NC(C)=[S-](=S(=O)=O)C1=NC(=O)N(C)C. The minimum atomic E-state index is -2.55. The van der Waals surface area contributed by atoms with E-state index in [0.29, 0.717) is 11.4 Å². The number of nitrogens with one attached hydrogen (secondary N) is 1. The standard InChI is InChI=1S/C12H21N4O5S2/c1-5-6-7-8-21-12(18)16-11(13-10(17)15(3)4)22(23(19)20)9(2)14-16/h14H,5-8H2,1-4H3/q-1. The molecule has 1 N–H and O–H groups in total. The fourth-order valence-electron chi connectivity index (χ4n) is 1.60. The predicted octanol–water partition coefficient (Wildman–Crippen LogP) is 0.733. The van der Waals surface area contributed by atoms with Gasteiger partial charge in [-0.2, -0.15) is 0 Å². The van der Waals surface area contributed by atoms with E-state index in [1.54, 1.807) is 0 Å². The molecule has 0 aromatic heterocycles. The molecule has 0 atom stereocenters. The first kappa shape index (κ1) is 19.5. The van der Waals surface area contributed by atoms with Gasteiger partial charge < -0.3 is 9.64 Å². The second kappa shape index (κ2) is 8.89. The summed E-state index contributed by atoms with van der Waals surface area (Å²) < 4.78 is 27.9. The minimum absolute atomic E-state index is 0.185. The molecule has 1 aliphatic heterocycles. The Hall–Kier alpha value is -1.59. The van der Waals surface area contributed by atoms with E-state index in [9.17, 15) is 18.0 Å². The number of urea groups is 1. The highest BCUT2D eigenvalue weighted by molar-refractivity contribution is 8.40. The van der Waals surface area contributed by atoms with E-state index in [-0.39, 0.29) is 11.8 Å². The molecule has 0 radical (unpaired) electrons. The molecule has 0 aromatic carbocycles. The molecule has 11 heteroatoms. The molecule has 0 saturated carbocycles. The Morgan fingerprint density at radius 1 is 1.35 bits per heavy atom. The Morgan fingerprint density at radius 3 is 2.52 bits per heavy atom. The first-order valence-electron chi connectivity index (χ1n) is 7.00. The van der Waals surface area contributed by atoms with Gasteiger partial charge >= 0.3 is 12.1 Å². The molecule has 0 aromatic rings. The number of ether oxygens (including phenoxy) is 1. The molecule has 0 saturated heterocycles. The van der Waals surface area contributed by atoms with Crippen molar-refractivity contribution in [2.45, 2.75) is 33.1 Å².